The van der Waals surface area contributed by atoms with Crippen molar-refractivity contribution in [2.24, 2.45) is 11.3 Å². The molecular weight excluding hydrogens is 282 g/mol. The van der Waals surface area contributed by atoms with E-state index in [4.69, 9.17) is 0 Å². The van der Waals surface area contributed by atoms with Crippen LogP contribution >= 0.6 is 0 Å². The van der Waals surface area contributed by atoms with Crippen LogP contribution in [0.5, 0.6) is 0 Å². The van der Waals surface area contributed by atoms with Gasteiger partial charge < -0.3 is 5.32 Å². The van der Waals surface area contributed by atoms with Crippen LogP contribution in [0.4, 0.5) is 0 Å². The normalized spacial score (nSPS) is 26.1. The van der Waals surface area contributed by atoms with Gasteiger partial charge in [0.2, 0.25) is 17.7 Å². The fourth-order valence-electron chi connectivity index (χ4n) is 4.19. The summed E-state index contributed by atoms with van der Waals surface area (Å²) in [7, 11) is 1.66. The molecule has 0 aromatic carbocycles. The molecule has 22 heavy (non-hydrogen) atoms. The zero-order valence-corrected chi connectivity index (χ0v) is 13.3. The number of rotatable bonds is 3. The van der Waals surface area contributed by atoms with Crippen molar-refractivity contribution in [2.45, 2.75) is 44.9 Å². The minimum absolute atomic E-state index is 0.0136. The number of imide groups is 1. The number of amides is 3. The van der Waals surface area contributed by atoms with E-state index in [9.17, 15) is 14.4 Å². The number of carbonyl (C=O) groups excluding carboxylic acids is 3. The van der Waals surface area contributed by atoms with Gasteiger partial charge in [0, 0.05) is 32.5 Å². The Labute approximate surface area is 131 Å². The van der Waals surface area contributed by atoms with E-state index in [0.29, 0.717) is 13.1 Å². The van der Waals surface area contributed by atoms with E-state index < -0.39 is 0 Å². The number of nitrogens with one attached hydrogen (secondary N) is 1. The van der Waals surface area contributed by atoms with Crippen molar-refractivity contribution >= 4 is 17.7 Å². The van der Waals surface area contributed by atoms with Gasteiger partial charge >= 0.3 is 0 Å². The van der Waals surface area contributed by atoms with Crippen molar-refractivity contribution in [3.05, 3.63) is 0 Å². The maximum absolute atomic E-state index is 12.6. The van der Waals surface area contributed by atoms with Crippen LogP contribution in [0.15, 0.2) is 0 Å². The molecule has 122 valence electrons. The van der Waals surface area contributed by atoms with Gasteiger partial charge in [-0.15, -0.1) is 0 Å². The molecule has 2 aliphatic heterocycles. The largest absolute Gasteiger partial charge is 0.359 e. The van der Waals surface area contributed by atoms with Crippen molar-refractivity contribution in [2.75, 3.05) is 26.8 Å². The fourth-order valence-corrected chi connectivity index (χ4v) is 4.19. The van der Waals surface area contributed by atoms with E-state index in [1.54, 1.807) is 7.05 Å². The van der Waals surface area contributed by atoms with Gasteiger partial charge in [-0.25, -0.2) is 0 Å². The van der Waals surface area contributed by atoms with Crippen molar-refractivity contribution in [3.63, 3.8) is 0 Å². The minimum atomic E-state index is -0.377. The molecule has 0 radical (unpaired) electrons. The Morgan fingerprint density at radius 2 is 1.86 bits per heavy atom. The maximum Gasteiger partial charge on any atom is 0.237 e. The number of carbonyl (C=O) groups is 3. The Kier molecular flexibility index (Phi) is 4.21. The molecule has 2 saturated heterocycles. The molecule has 1 N–H and O–H groups in total. The van der Waals surface area contributed by atoms with E-state index in [-0.39, 0.29) is 29.1 Å². The third-order valence-electron chi connectivity index (χ3n) is 5.60. The van der Waals surface area contributed by atoms with Crippen LogP contribution in [0.25, 0.3) is 0 Å². The van der Waals surface area contributed by atoms with Crippen LogP contribution in [-0.4, -0.2) is 54.3 Å². The number of piperidine rings is 1. The number of hydrogen-bond acceptors (Lipinski definition) is 4. The predicted molar refractivity (Wildman–Crippen MR) is 80.6 cm³/mol. The quantitative estimate of drug-likeness (QED) is 0.780. The number of hydrogen-bond donors (Lipinski definition) is 1. The average molecular weight is 307 g/mol. The Balaban J connectivity index is 1.57. The molecule has 0 bridgehead atoms. The van der Waals surface area contributed by atoms with Crippen molar-refractivity contribution in [1.29, 1.82) is 0 Å². The molecule has 1 saturated carbocycles. The third kappa shape index (κ3) is 2.64. The van der Waals surface area contributed by atoms with E-state index >= 15 is 0 Å². The molecule has 3 rings (SSSR count). The highest BCUT2D eigenvalue weighted by atomic mass is 16.2. The van der Waals surface area contributed by atoms with Gasteiger partial charge in [-0.2, -0.15) is 0 Å². The summed E-state index contributed by atoms with van der Waals surface area (Å²) < 4.78 is 0. The van der Waals surface area contributed by atoms with E-state index in [1.807, 2.05) is 0 Å². The first-order chi connectivity index (χ1) is 10.6. The Morgan fingerprint density at radius 3 is 2.45 bits per heavy atom. The van der Waals surface area contributed by atoms with Gasteiger partial charge in [0.15, 0.2) is 0 Å². The molecule has 6 heteroatoms. The van der Waals surface area contributed by atoms with Crippen LogP contribution in [0.1, 0.15) is 44.9 Å². The average Bonchev–Trinajstić information content (AvgIpc) is 3.09. The predicted octanol–water partition coefficient (Wildman–Crippen LogP) is 0.721. The highest BCUT2D eigenvalue weighted by Crippen LogP contribution is 2.46. The fraction of sp³-hybridized carbons (Fsp3) is 0.812. The van der Waals surface area contributed by atoms with Gasteiger partial charge in [0.25, 0.3) is 0 Å². The van der Waals surface area contributed by atoms with E-state index in [0.717, 1.165) is 51.6 Å². The second-order valence-corrected chi connectivity index (χ2v) is 6.94. The summed E-state index contributed by atoms with van der Waals surface area (Å²) in [5.74, 6) is 0.189. The second kappa shape index (κ2) is 5.99. The van der Waals surface area contributed by atoms with Gasteiger partial charge in [-0.05, 0) is 25.7 Å². The summed E-state index contributed by atoms with van der Waals surface area (Å²) in [6, 6.07) is 0. The molecule has 1 aliphatic carbocycles. The molecule has 1 spiro atoms. The Morgan fingerprint density at radius 1 is 1.23 bits per heavy atom. The first-order valence-corrected chi connectivity index (χ1v) is 8.34. The highest BCUT2D eigenvalue weighted by molar-refractivity contribution is 6.06. The molecule has 6 nitrogen and oxygen atoms in total. The molecule has 2 heterocycles. The van der Waals surface area contributed by atoms with Gasteiger partial charge in [-0.3, -0.25) is 24.2 Å². The first-order valence-electron chi connectivity index (χ1n) is 8.34. The first kappa shape index (κ1) is 15.5. The molecule has 0 unspecified atom stereocenters. The van der Waals surface area contributed by atoms with Crippen LogP contribution in [0.2, 0.25) is 0 Å². The third-order valence-corrected chi connectivity index (χ3v) is 5.60. The lowest BCUT2D eigenvalue weighted by molar-refractivity contribution is -0.144. The van der Waals surface area contributed by atoms with Crippen molar-refractivity contribution < 1.29 is 14.4 Å². The lowest BCUT2D eigenvalue weighted by Gasteiger charge is -2.33. The standard InChI is InChI=1S/C16H25N3O3/c1-17-14(21)12-4-8-18(9-5-12)11-19-13(20)10-16(15(19)22)6-2-3-7-16/h12H,2-11H2,1H3,(H,17,21). The zero-order valence-electron chi connectivity index (χ0n) is 13.3. The van der Waals surface area contributed by atoms with Gasteiger partial charge in [-0.1, -0.05) is 12.8 Å². The molecule has 3 fully saturated rings. The van der Waals surface area contributed by atoms with Gasteiger partial charge in [0.1, 0.15) is 0 Å². The van der Waals surface area contributed by atoms with Crippen LogP contribution < -0.4 is 5.32 Å². The summed E-state index contributed by atoms with van der Waals surface area (Å²) in [6.07, 6.45) is 5.84. The van der Waals surface area contributed by atoms with Crippen molar-refractivity contribution in [3.8, 4) is 0 Å². The molecule has 3 amide bonds. The number of likely N-dealkylation sites (tertiary alicyclic amines) is 2. The van der Waals surface area contributed by atoms with Gasteiger partial charge in [0.05, 0.1) is 12.1 Å². The topological polar surface area (TPSA) is 69.7 Å². The summed E-state index contributed by atoms with van der Waals surface area (Å²) in [5.41, 5.74) is -0.377. The van der Waals surface area contributed by atoms with Crippen molar-refractivity contribution in [1.82, 2.24) is 15.1 Å². The smallest absolute Gasteiger partial charge is 0.237 e. The highest BCUT2D eigenvalue weighted by Gasteiger charge is 2.52. The van der Waals surface area contributed by atoms with Crippen LogP contribution in [0.3, 0.4) is 0 Å². The second-order valence-electron chi connectivity index (χ2n) is 6.94. The monoisotopic (exact) mass is 307 g/mol. The number of nitrogens with zero attached hydrogens (tertiary/aromatic N) is 2. The summed E-state index contributed by atoms with van der Waals surface area (Å²) >= 11 is 0. The summed E-state index contributed by atoms with van der Waals surface area (Å²) in [5, 5.41) is 2.69. The summed E-state index contributed by atoms with van der Waals surface area (Å²) in [6.45, 7) is 1.93. The maximum atomic E-state index is 12.6. The summed E-state index contributed by atoms with van der Waals surface area (Å²) in [4.78, 5) is 40.1. The lowest BCUT2D eigenvalue weighted by Crippen LogP contribution is -2.47. The Hall–Kier alpha value is -1.43. The lowest BCUT2D eigenvalue weighted by atomic mass is 9.85. The molecule has 0 atom stereocenters. The Bertz CT molecular complexity index is 477. The minimum Gasteiger partial charge on any atom is -0.359 e. The van der Waals surface area contributed by atoms with Crippen LogP contribution in [-0.2, 0) is 14.4 Å². The SMILES string of the molecule is CNC(=O)C1CCN(CN2C(=O)CC3(CCCC3)C2=O)CC1. The molecule has 3 aliphatic rings. The molecular formula is C16H25N3O3. The van der Waals surface area contributed by atoms with E-state index in [2.05, 4.69) is 10.2 Å². The zero-order chi connectivity index (χ0) is 15.7. The van der Waals surface area contributed by atoms with Crippen LogP contribution in [0, 0.1) is 11.3 Å². The molecule has 0 aromatic heterocycles. The van der Waals surface area contributed by atoms with E-state index in [1.165, 1.54) is 4.90 Å². The molecule has 0 aromatic rings.